The Bertz CT molecular complexity index is 1790. The number of rotatable bonds is 11. The zero-order chi connectivity index (χ0) is 32.7. The first-order valence-electron chi connectivity index (χ1n) is 14.7. The summed E-state index contributed by atoms with van der Waals surface area (Å²) in [7, 11) is -3.90. The Balaban J connectivity index is 1.33. The van der Waals surface area contributed by atoms with Gasteiger partial charge in [-0.05, 0) is 89.9 Å². The van der Waals surface area contributed by atoms with Gasteiger partial charge in [-0.15, -0.1) is 10.2 Å². The summed E-state index contributed by atoms with van der Waals surface area (Å²) >= 11 is 0. The van der Waals surface area contributed by atoms with Crippen LogP contribution in [-0.4, -0.2) is 64.6 Å². The zero-order valence-corrected chi connectivity index (χ0v) is 25.5. The summed E-state index contributed by atoms with van der Waals surface area (Å²) < 4.78 is 23.8. The molecule has 1 heterocycles. The fourth-order valence-corrected chi connectivity index (χ4v) is 6.10. The van der Waals surface area contributed by atoms with E-state index in [4.69, 9.17) is 10.2 Å². The maximum atomic E-state index is 13.6. The molecule has 1 atom stereocenters. The lowest BCUT2D eigenvalue weighted by Gasteiger charge is -2.29. The Morgan fingerprint density at radius 3 is 2.28 bits per heavy atom. The van der Waals surface area contributed by atoms with Crippen LogP contribution in [0.4, 0.5) is 10.5 Å². The second-order valence-corrected chi connectivity index (χ2v) is 12.8. The minimum Gasteiger partial charge on any atom is -0.465 e. The van der Waals surface area contributed by atoms with Gasteiger partial charge in [-0.3, -0.25) is 9.59 Å². The summed E-state index contributed by atoms with van der Waals surface area (Å²) in [6.07, 6.45) is 1.65. The molecule has 7 N–H and O–H groups in total. The van der Waals surface area contributed by atoms with E-state index in [2.05, 4.69) is 36.6 Å². The molecular formula is C31H34N8O6S. The molecule has 0 radical (unpaired) electrons. The first-order chi connectivity index (χ1) is 22.0. The largest absolute Gasteiger partial charge is 0.465 e. The number of nitrogens with two attached hydrogens (primary N) is 1. The van der Waals surface area contributed by atoms with Crippen molar-refractivity contribution in [1.29, 1.82) is 0 Å². The van der Waals surface area contributed by atoms with Crippen LogP contribution in [0.3, 0.4) is 0 Å². The van der Waals surface area contributed by atoms with Crippen molar-refractivity contribution >= 4 is 33.6 Å². The van der Waals surface area contributed by atoms with Gasteiger partial charge in [0.25, 0.3) is 0 Å². The molecule has 3 amide bonds. The topological polar surface area (TPSA) is 222 Å². The number of tetrazole rings is 1. The molecule has 0 aliphatic heterocycles. The molecule has 0 spiro atoms. The molecule has 14 nitrogen and oxygen atoms in total. The molecule has 5 rings (SSSR count). The van der Waals surface area contributed by atoms with Crippen molar-refractivity contribution in [3.63, 3.8) is 0 Å². The Morgan fingerprint density at radius 1 is 0.935 bits per heavy atom. The van der Waals surface area contributed by atoms with Gasteiger partial charge >= 0.3 is 6.09 Å². The van der Waals surface area contributed by atoms with E-state index in [1.54, 1.807) is 42.5 Å². The molecule has 0 unspecified atom stereocenters. The molecule has 1 aliphatic carbocycles. The highest BCUT2D eigenvalue weighted by atomic mass is 32.2. The Labute approximate surface area is 265 Å². The number of primary sulfonamides is 1. The van der Waals surface area contributed by atoms with Gasteiger partial charge in [0.05, 0.1) is 4.90 Å². The number of anilines is 1. The van der Waals surface area contributed by atoms with Crippen LogP contribution in [0.5, 0.6) is 0 Å². The first-order valence-corrected chi connectivity index (χ1v) is 16.2. The van der Waals surface area contributed by atoms with Crippen LogP contribution in [0.1, 0.15) is 31.2 Å². The average molecular weight is 647 g/mol. The fraction of sp³-hybridized carbons (Fsp3) is 0.290. The van der Waals surface area contributed by atoms with Crippen molar-refractivity contribution in [3.05, 3.63) is 78.4 Å². The maximum Gasteiger partial charge on any atom is 0.404 e. The second-order valence-electron chi connectivity index (χ2n) is 11.2. The second kappa shape index (κ2) is 14.3. The average Bonchev–Trinajstić information content (AvgIpc) is 3.59. The number of aromatic nitrogens is 4. The number of nitrogens with zero attached hydrogens (tertiary/aromatic N) is 3. The number of carbonyl (C=O) groups excluding carboxylic acids is 2. The van der Waals surface area contributed by atoms with Crippen molar-refractivity contribution in [2.24, 2.45) is 17.0 Å². The van der Waals surface area contributed by atoms with Crippen LogP contribution in [-0.2, 0) is 26.0 Å². The summed E-state index contributed by atoms with van der Waals surface area (Å²) in [5.74, 6) is -0.398. The quantitative estimate of drug-likeness (QED) is 0.141. The van der Waals surface area contributed by atoms with Gasteiger partial charge in [0.2, 0.25) is 27.7 Å². The Hall–Kier alpha value is -5.15. The number of hydrogen-bond donors (Lipinski definition) is 6. The van der Waals surface area contributed by atoms with Crippen molar-refractivity contribution in [1.82, 2.24) is 31.3 Å². The monoisotopic (exact) mass is 646 g/mol. The lowest BCUT2D eigenvalue weighted by Crippen LogP contribution is -2.48. The van der Waals surface area contributed by atoms with Crippen LogP contribution in [0.2, 0.25) is 0 Å². The number of carbonyl (C=O) groups is 3. The number of aromatic amines is 1. The van der Waals surface area contributed by atoms with Crippen molar-refractivity contribution in [3.8, 4) is 22.5 Å². The summed E-state index contributed by atoms with van der Waals surface area (Å²) in [5, 5.41) is 36.3. The van der Waals surface area contributed by atoms with Crippen molar-refractivity contribution < 1.29 is 27.9 Å². The highest BCUT2D eigenvalue weighted by Crippen LogP contribution is 2.29. The third-order valence-electron chi connectivity index (χ3n) is 8.01. The summed E-state index contributed by atoms with van der Waals surface area (Å²) in [4.78, 5) is 37.9. The van der Waals surface area contributed by atoms with Crippen LogP contribution >= 0.6 is 0 Å². The molecule has 240 valence electrons. The first kappa shape index (κ1) is 32.2. The van der Waals surface area contributed by atoms with E-state index in [-0.39, 0.29) is 29.1 Å². The van der Waals surface area contributed by atoms with Gasteiger partial charge in [-0.2, -0.15) is 5.21 Å². The molecule has 1 fully saturated rings. The number of amides is 3. The molecule has 0 saturated heterocycles. The Morgan fingerprint density at radius 2 is 1.63 bits per heavy atom. The third kappa shape index (κ3) is 8.51. The predicted octanol–water partition coefficient (Wildman–Crippen LogP) is 2.92. The number of hydrogen-bond acceptors (Lipinski definition) is 8. The summed E-state index contributed by atoms with van der Waals surface area (Å²) in [5.41, 5.74) is 3.31. The molecule has 15 heteroatoms. The standard InChI is InChI=1S/C31H34N8O6S/c32-46(44,45)26-6-2-5-24(17-26)23-4-1-3-20(15-23)16-27(35-29(40)22-9-7-19(8-10-22)18-33-31(42)43)30(41)34-25-13-11-21(12-14-25)28-36-38-39-37-28/h1-6,11-15,17,19,22,27,33H,7-10,16,18H2,(H,34,41)(H,35,40)(H,42,43)(H2,32,44,45)(H,36,37,38,39)/t19?,22?,27-/m0/s1. The van der Waals surface area contributed by atoms with E-state index >= 15 is 0 Å². The normalized spacial score (nSPS) is 17.1. The number of sulfonamides is 1. The van der Waals surface area contributed by atoms with E-state index in [1.807, 2.05) is 18.2 Å². The van der Waals surface area contributed by atoms with Gasteiger partial charge in [0.15, 0.2) is 0 Å². The van der Waals surface area contributed by atoms with E-state index in [0.717, 1.165) is 11.1 Å². The van der Waals surface area contributed by atoms with Crippen molar-refractivity contribution in [2.45, 2.75) is 43.0 Å². The van der Waals surface area contributed by atoms with Gasteiger partial charge in [0.1, 0.15) is 6.04 Å². The molecule has 1 aromatic heterocycles. The molecule has 0 bridgehead atoms. The van der Waals surface area contributed by atoms with Gasteiger partial charge in [0, 0.05) is 30.1 Å². The molecular weight excluding hydrogens is 612 g/mol. The number of benzene rings is 3. The molecule has 1 saturated carbocycles. The van der Waals surface area contributed by atoms with E-state index in [9.17, 15) is 22.8 Å². The highest BCUT2D eigenvalue weighted by Gasteiger charge is 2.30. The zero-order valence-electron chi connectivity index (χ0n) is 24.7. The lowest BCUT2D eigenvalue weighted by molar-refractivity contribution is -0.130. The SMILES string of the molecule is NS(=O)(=O)c1cccc(-c2cccc(C[C@H](NC(=O)C3CCC(CNC(=O)O)CC3)C(=O)Nc3ccc(-c4nn[nH]n4)cc3)c2)c1. The lowest BCUT2D eigenvalue weighted by atomic mass is 9.81. The smallest absolute Gasteiger partial charge is 0.404 e. The molecule has 1 aliphatic rings. The van der Waals surface area contributed by atoms with Gasteiger partial charge in [-0.1, -0.05) is 36.4 Å². The Kier molecular flexibility index (Phi) is 10.0. The third-order valence-corrected chi connectivity index (χ3v) is 8.92. The number of H-pyrrole nitrogens is 1. The minimum atomic E-state index is -3.90. The minimum absolute atomic E-state index is 0.0151. The molecule has 46 heavy (non-hydrogen) atoms. The summed E-state index contributed by atoms with van der Waals surface area (Å²) in [6, 6.07) is 19.5. The van der Waals surface area contributed by atoms with E-state index in [0.29, 0.717) is 54.9 Å². The summed E-state index contributed by atoms with van der Waals surface area (Å²) in [6.45, 7) is 0.344. The van der Waals surface area contributed by atoms with E-state index in [1.165, 1.54) is 12.1 Å². The van der Waals surface area contributed by atoms with Crippen LogP contribution < -0.4 is 21.1 Å². The van der Waals surface area contributed by atoms with Crippen molar-refractivity contribution in [2.75, 3.05) is 11.9 Å². The predicted molar refractivity (Wildman–Crippen MR) is 169 cm³/mol. The van der Waals surface area contributed by atoms with E-state index < -0.39 is 28.1 Å². The highest BCUT2D eigenvalue weighted by molar-refractivity contribution is 7.89. The van der Waals surface area contributed by atoms with Crippen LogP contribution in [0.15, 0.2) is 77.7 Å². The molecule has 3 aromatic carbocycles. The van der Waals surface area contributed by atoms with Crippen LogP contribution in [0, 0.1) is 11.8 Å². The number of carboxylic acid groups (broad SMARTS) is 1. The molecule has 4 aromatic rings. The fourth-order valence-electron chi connectivity index (χ4n) is 5.54. The van der Waals surface area contributed by atoms with Gasteiger partial charge < -0.3 is 21.1 Å². The number of nitrogens with one attached hydrogen (secondary N) is 4. The van der Waals surface area contributed by atoms with Gasteiger partial charge in [-0.25, -0.2) is 18.4 Å². The van der Waals surface area contributed by atoms with Crippen LogP contribution in [0.25, 0.3) is 22.5 Å². The maximum absolute atomic E-state index is 13.6.